The van der Waals surface area contributed by atoms with Crippen molar-refractivity contribution in [2.75, 3.05) is 25.0 Å². The van der Waals surface area contributed by atoms with Crippen molar-refractivity contribution in [3.05, 3.63) is 24.0 Å². The van der Waals surface area contributed by atoms with Crippen molar-refractivity contribution in [3.63, 3.8) is 0 Å². The lowest BCUT2D eigenvalue weighted by Crippen LogP contribution is -2.41. The summed E-state index contributed by atoms with van der Waals surface area (Å²) >= 11 is 0. The summed E-state index contributed by atoms with van der Waals surface area (Å²) in [7, 11) is 2.06. The first kappa shape index (κ1) is 13.3. The van der Waals surface area contributed by atoms with Crippen molar-refractivity contribution in [1.29, 1.82) is 0 Å². The molecule has 0 bridgehead atoms. The summed E-state index contributed by atoms with van der Waals surface area (Å²) in [5.74, 6) is 0. The summed E-state index contributed by atoms with van der Waals surface area (Å²) in [6.07, 6.45) is 4.47. The molecule has 1 aliphatic rings. The van der Waals surface area contributed by atoms with E-state index in [-0.39, 0.29) is 5.41 Å². The smallest absolute Gasteiger partial charge is 0.0552 e. The maximum atomic E-state index is 4.61. The molecular weight excluding hydrogens is 222 g/mol. The predicted octanol–water partition coefficient (Wildman–Crippen LogP) is 2.57. The van der Waals surface area contributed by atoms with Gasteiger partial charge in [-0.2, -0.15) is 0 Å². The van der Waals surface area contributed by atoms with E-state index < -0.39 is 0 Å². The Morgan fingerprint density at radius 1 is 1.22 bits per heavy atom. The molecule has 2 rings (SSSR count). The number of nitrogens with zero attached hydrogens (tertiary/aromatic N) is 2. The van der Waals surface area contributed by atoms with Crippen LogP contribution in [0.4, 0.5) is 5.69 Å². The van der Waals surface area contributed by atoms with E-state index in [1.807, 2.05) is 6.20 Å². The quantitative estimate of drug-likeness (QED) is 0.870. The number of anilines is 1. The number of piperidine rings is 1. The van der Waals surface area contributed by atoms with Crippen molar-refractivity contribution in [3.8, 4) is 0 Å². The molecule has 0 spiro atoms. The van der Waals surface area contributed by atoms with Gasteiger partial charge >= 0.3 is 0 Å². The van der Waals surface area contributed by atoms with Gasteiger partial charge in [-0.15, -0.1) is 0 Å². The fourth-order valence-corrected chi connectivity index (χ4v) is 2.44. The van der Waals surface area contributed by atoms with Crippen LogP contribution in [0.2, 0.25) is 0 Å². The Morgan fingerprint density at radius 3 is 2.33 bits per heavy atom. The Labute approximate surface area is 111 Å². The van der Waals surface area contributed by atoms with Crippen molar-refractivity contribution >= 4 is 5.69 Å². The minimum atomic E-state index is 0.137. The summed E-state index contributed by atoms with van der Waals surface area (Å²) < 4.78 is 0. The summed E-state index contributed by atoms with van der Waals surface area (Å²) in [6.45, 7) is 8.86. The van der Waals surface area contributed by atoms with Crippen LogP contribution in [-0.2, 0) is 5.41 Å². The van der Waals surface area contributed by atoms with E-state index in [0.717, 1.165) is 18.8 Å². The Kier molecular flexibility index (Phi) is 3.91. The van der Waals surface area contributed by atoms with Crippen LogP contribution >= 0.6 is 0 Å². The first-order chi connectivity index (χ1) is 8.50. The topological polar surface area (TPSA) is 28.2 Å². The Hall–Kier alpha value is -1.09. The molecule has 3 heteroatoms. The Balaban J connectivity index is 2.02. The largest absolute Gasteiger partial charge is 0.370 e. The van der Waals surface area contributed by atoms with Gasteiger partial charge < -0.3 is 10.2 Å². The van der Waals surface area contributed by atoms with Crippen molar-refractivity contribution in [1.82, 2.24) is 10.3 Å². The van der Waals surface area contributed by atoms with E-state index in [1.165, 1.54) is 18.5 Å². The van der Waals surface area contributed by atoms with E-state index in [2.05, 4.69) is 55.2 Å². The van der Waals surface area contributed by atoms with Crippen LogP contribution in [0.3, 0.4) is 0 Å². The lowest BCUT2D eigenvalue weighted by Gasteiger charge is -2.33. The molecule has 1 saturated heterocycles. The zero-order chi connectivity index (χ0) is 13.2. The monoisotopic (exact) mass is 247 g/mol. The number of aromatic nitrogens is 1. The second kappa shape index (κ2) is 5.27. The molecule has 1 aliphatic heterocycles. The molecule has 1 aromatic rings. The molecule has 3 nitrogen and oxygen atoms in total. The standard InChI is InChI=1S/C15H25N3/c1-15(2,3)14-6-5-13(11-17-14)18-9-7-12(16-4)8-10-18/h5-6,11-12,16H,7-10H2,1-4H3. The zero-order valence-corrected chi connectivity index (χ0v) is 12.0. The van der Waals surface area contributed by atoms with Crippen LogP contribution in [0.15, 0.2) is 18.3 Å². The molecule has 18 heavy (non-hydrogen) atoms. The summed E-state index contributed by atoms with van der Waals surface area (Å²) in [6, 6.07) is 5.07. The molecule has 2 heterocycles. The SMILES string of the molecule is CNC1CCN(c2ccc(C(C)(C)C)nc2)CC1. The van der Waals surface area contributed by atoms with Crippen LogP contribution in [0.1, 0.15) is 39.3 Å². The number of rotatable bonds is 2. The molecule has 100 valence electrons. The summed E-state index contributed by atoms with van der Waals surface area (Å²) in [5, 5.41) is 3.36. The molecule has 1 fully saturated rings. The highest BCUT2D eigenvalue weighted by Gasteiger charge is 2.19. The van der Waals surface area contributed by atoms with E-state index in [4.69, 9.17) is 0 Å². The molecule has 1 aromatic heterocycles. The molecule has 0 radical (unpaired) electrons. The van der Waals surface area contributed by atoms with Gasteiger partial charge in [-0.05, 0) is 32.0 Å². The van der Waals surface area contributed by atoms with Gasteiger partial charge in [-0.3, -0.25) is 4.98 Å². The Morgan fingerprint density at radius 2 is 1.89 bits per heavy atom. The van der Waals surface area contributed by atoms with Gasteiger partial charge in [-0.1, -0.05) is 20.8 Å². The van der Waals surface area contributed by atoms with Crippen LogP contribution in [-0.4, -0.2) is 31.2 Å². The minimum Gasteiger partial charge on any atom is -0.370 e. The van der Waals surface area contributed by atoms with Crippen molar-refractivity contribution < 1.29 is 0 Å². The molecular formula is C15H25N3. The average molecular weight is 247 g/mol. The lowest BCUT2D eigenvalue weighted by molar-refractivity contribution is 0.442. The molecule has 0 unspecified atom stereocenters. The van der Waals surface area contributed by atoms with Gasteiger partial charge in [0.25, 0.3) is 0 Å². The van der Waals surface area contributed by atoms with E-state index in [0.29, 0.717) is 6.04 Å². The molecule has 0 saturated carbocycles. The number of hydrogen-bond donors (Lipinski definition) is 1. The molecule has 1 N–H and O–H groups in total. The number of pyridine rings is 1. The van der Waals surface area contributed by atoms with Crippen LogP contribution in [0.5, 0.6) is 0 Å². The molecule has 0 amide bonds. The minimum absolute atomic E-state index is 0.137. The zero-order valence-electron chi connectivity index (χ0n) is 12.0. The lowest BCUT2D eigenvalue weighted by atomic mass is 9.91. The van der Waals surface area contributed by atoms with Gasteiger partial charge in [0.1, 0.15) is 0 Å². The van der Waals surface area contributed by atoms with Crippen molar-refractivity contribution in [2.45, 2.75) is 45.1 Å². The fraction of sp³-hybridized carbons (Fsp3) is 0.667. The van der Waals surface area contributed by atoms with E-state index in [1.54, 1.807) is 0 Å². The van der Waals surface area contributed by atoms with E-state index in [9.17, 15) is 0 Å². The van der Waals surface area contributed by atoms with Crippen LogP contribution in [0, 0.1) is 0 Å². The molecule has 0 aromatic carbocycles. The summed E-state index contributed by atoms with van der Waals surface area (Å²) in [5.41, 5.74) is 2.56. The highest BCUT2D eigenvalue weighted by atomic mass is 15.1. The third kappa shape index (κ3) is 3.02. The first-order valence-corrected chi connectivity index (χ1v) is 6.89. The average Bonchev–Trinajstić information content (AvgIpc) is 2.38. The molecule has 0 atom stereocenters. The second-order valence-electron chi connectivity index (χ2n) is 6.20. The van der Waals surface area contributed by atoms with Gasteiger partial charge in [-0.25, -0.2) is 0 Å². The first-order valence-electron chi connectivity index (χ1n) is 6.89. The van der Waals surface area contributed by atoms with Gasteiger partial charge in [0, 0.05) is 30.2 Å². The highest BCUT2D eigenvalue weighted by molar-refractivity contribution is 5.45. The van der Waals surface area contributed by atoms with Crippen LogP contribution in [0.25, 0.3) is 0 Å². The fourth-order valence-electron chi connectivity index (χ4n) is 2.44. The molecule has 0 aliphatic carbocycles. The highest BCUT2D eigenvalue weighted by Crippen LogP contribution is 2.24. The maximum absolute atomic E-state index is 4.61. The van der Waals surface area contributed by atoms with E-state index >= 15 is 0 Å². The maximum Gasteiger partial charge on any atom is 0.0552 e. The van der Waals surface area contributed by atoms with Crippen LogP contribution < -0.4 is 10.2 Å². The number of hydrogen-bond acceptors (Lipinski definition) is 3. The summed E-state index contributed by atoms with van der Waals surface area (Å²) in [4.78, 5) is 7.04. The number of nitrogens with one attached hydrogen (secondary N) is 1. The van der Waals surface area contributed by atoms with Gasteiger partial charge in [0.05, 0.1) is 11.9 Å². The second-order valence-corrected chi connectivity index (χ2v) is 6.20. The third-order valence-electron chi connectivity index (χ3n) is 3.78. The predicted molar refractivity (Wildman–Crippen MR) is 77.2 cm³/mol. The normalized spacial score (nSPS) is 18.1. The Bertz CT molecular complexity index is 370. The third-order valence-corrected chi connectivity index (χ3v) is 3.78. The van der Waals surface area contributed by atoms with Gasteiger partial charge in [0.15, 0.2) is 0 Å². The van der Waals surface area contributed by atoms with Gasteiger partial charge in [0.2, 0.25) is 0 Å². The van der Waals surface area contributed by atoms with Crippen molar-refractivity contribution in [2.24, 2.45) is 0 Å².